The van der Waals surface area contributed by atoms with Crippen LogP contribution >= 0.6 is 0 Å². The summed E-state index contributed by atoms with van der Waals surface area (Å²) in [6, 6.07) is 32.0. The zero-order valence-electron chi connectivity index (χ0n) is 28.1. The fourth-order valence-electron chi connectivity index (χ4n) is 6.23. The van der Waals surface area contributed by atoms with E-state index in [1.165, 1.54) is 11.8 Å². The van der Waals surface area contributed by atoms with Crippen molar-refractivity contribution in [3.05, 3.63) is 131 Å². The van der Waals surface area contributed by atoms with E-state index in [9.17, 15) is 14.4 Å². The molecule has 2 heterocycles. The van der Waals surface area contributed by atoms with E-state index in [2.05, 4.69) is 0 Å². The molecule has 0 aliphatic carbocycles. The summed E-state index contributed by atoms with van der Waals surface area (Å²) in [6.07, 6.45) is -2.84. The monoisotopic (exact) mass is 679 g/mol. The summed E-state index contributed by atoms with van der Waals surface area (Å²) in [4.78, 5) is 41.1. The van der Waals surface area contributed by atoms with E-state index >= 15 is 0 Å². The maximum absolute atomic E-state index is 14.1. The lowest BCUT2D eigenvalue weighted by Gasteiger charge is -2.48. The third kappa shape index (κ3) is 8.28. The number of imide groups is 1. The molecule has 1 fully saturated rings. The van der Waals surface area contributed by atoms with Crippen molar-refractivity contribution in [1.29, 1.82) is 0 Å². The zero-order chi connectivity index (χ0) is 34.9. The third-order valence-electron chi connectivity index (χ3n) is 8.71. The van der Waals surface area contributed by atoms with Gasteiger partial charge in [-0.3, -0.25) is 14.5 Å². The fourth-order valence-corrected chi connectivity index (χ4v) is 6.23. The highest BCUT2D eigenvalue weighted by atomic mass is 16.7. The normalized spacial score (nSPS) is 21.6. The highest BCUT2D eigenvalue weighted by molar-refractivity contribution is 6.21. The molecular formula is C40H41NO9. The number of hydrogen-bond acceptors (Lipinski definition) is 9. The van der Waals surface area contributed by atoms with Crippen molar-refractivity contribution in [1.82, 2.24) is 4.90 Å². The van der Waals surface area contributed by atoms with Gasteiger partial charge in [0.2, 0.25) is 6.29 Å². The Labute approximate surface area is 291 Å². The Morgan fingerprint density at radius 2 is 1.30 bits per heavy atom. The van der Waals surface area contributed by atoms with Gasteiger partial charge in [0.1, 0.15) is 41.6 Å². The highest BCUT2D eigenvalue weighted by Crippen LogP contribution is 2.36. The van der Waals surface area contributed by atoms with Gasteiger partial charge in [0.15, 0.2) is 0 Å². The van der Waals surface area contributed by atoms with Crippen LogP contribution in [0.2, 0.25) is 0 Å². The average Bonchev–Trinajstić information content (AvgIpc) is 3.39. The van der Waals surface area contributed by atoms with Gasteiger partial charge < -0.3 is 33.2 Å². The molecule has 2 aliphatic heterocycles. The standard InChI is InChI=1S/C40H41NO9/c1-27(42)12-11-23-47-36-34(26-46-24-28-13-5-3-6-14-28)50-40(49-31-21-19-30(45-2)20-22-31)35(37(36)48-25-29-15-7-4-8-16-29)41-38(43)32-17-9-10-18-33(32)39(41)44/h3-10,13-22,34-37,40H,11-12,23-26H2,1-2H3/t34-,35-,36-,37-,40-/m1/s1. The molecule has 6 rings (SSSR count). The Kier molecular flexibility index (Phi) is 11.7. The molecule has 5 atom stereocenters. The van der Waals surface area contributed by atoms with E-state index < -0.39 is 42.5 Å². The van der Waals surface area contributed by atoms with Gasteiger partial charge in [0, 0.05) is 13.0 Å². The second-order valence-electron chi connectivity index (χ2n) is 12.3. The number of benzene rings is 4. The van der Waals surface area contributed by atoms with Gasteiger partial charge in [-0.15, -0.1) is 0 Å². The predicted octanol–water partition coefficient (Wildman–Crippen LogP) is 6.02. The summed E-state index contributed by atoms with van der Waals surface area (Å²) in [7, 11) is 1.57. The fraction of sp³-hybridized carbons (Fsp3) is 0.325. The summed E-state index contributed by atoms with van der Waals surface area (Å²) in [5.41, 5.74) is 2.44. The third-order valence-corrected chi connectivity index (χ3v) is 8.71. The molecule has 10 nitrogen and oxygen atoms in total. The summed E-state index contributed by atoms with van der Waals surface area (Å²) in [5.74, 6) is 0.151. The quantitative estimate of drug-likeness (QED) is 0.104. The van der Waals surface area contributed by atoms with Crippen LogP contribution in [0.1, 0.15) is 51.6 Å². The minimum atomic E-state index is -1.17. The molecule has 4 aromatic carbocycles. The number of amides is 2. The number of hydrogen-bond donors (Lipinski definition) is 0. The number of carbonyl (C=O) groups excluding carboxylic acids is 3. The second kappa shape index (κ2) is 16.7. The summed E-state index contributed by atoms with van der Waals surface area (Å²) >= 11 is 0. The molecule has 1 saturated heterocycles. The predicted molar refractivity (Wildman–Crippen MR) is 184 cm³/mol. The number of methoxy groups -OCH3 is 1. The van der Waals surface area contributed by atoms with E-state index in [0.717, 1.165) is 11.1 Å². The molecule has 0 bridgehead atoms. The summed E-state index contributed by atoms with van der Waals surface area (Å²) in [6.45, 7) is 2.32. The summed E-state index contributed by atoms with van der Waals surface area (Å²) in [5, 5.41) is 0. The Morgan fingerprint density at radius 3 is 1.90 bits per heavy atom. The molecule has 2 amide bonds. The van der Waals surface area contributed by atoms with Crippen LogP contribution in [-0.2, 0) is 37.0 Å². The van der Waals surface area contributed by atoms with Crippen LogP contribution in [0.25, 0.3) is 0 Å². The number of rotatable bonds is 16. The van der Waals surface area contributed by atoms with Gasteiger partial charge in [-0.05, 0) is 60.9 Å². The minimum absolute atomic E-state index is 0.0463. The molecule has 0 radical (unpaired) electrons. The van der Waals surface area contributed by atoms with Crippen molar-refractivity contribution in [2.45, 2.75) is 63.6 Å². The Morgan fingerprint density at radius 1 is 0.720 bits per heavy atom. The first-order valence-corrected chi connectivity index (χ1v) is 16.7. The summed E-state index contributed by atoms with van der Waals surface area (Å²) < 4.78 is 37.9. The van der Waals surface area contributed by atoms with Crippen LogP contribution in [0, 0.1) is 0 Å². The van der Waals surface area contributed by atoms with Crippen LogP contribution in [0.3, 0.4) is 0 Å². The average molecular weight is 680 g/mol. The number of ketones is 1. The minimum Gasteiger partial charge on any atom is -0.497 e. The number of carbonyl (C=O) groups is 3. The topological polar surface area (TPSA) is 110 Å². The molecule has 0 spiro atoms. The molecular weight excluding hydrogens is 638 g/mol. The molecule has 4 aromatic rings. The van der Waals surface area contributed by atoms with Crippen molar-refractivity contribution >= 4 is 17.6 Å². The molecule has 0 unspecified atom stereocenters. The molecule has 10 heteroatoms. The smallest absolute Gasteiger partial charge is 0.262 e. The Balaban J connectivity index is 1.38. The van der Waals surface area contributed by atoms with E-state index in [4.69, 9.17) is 28.4 Å². The van der Waals surface area contributed by atoms with Gasteiger partial charge in [0.25, 0.3) is 11.8 Å². The van der Waals surface area contributed by atoms with Crippen molar-refractivity contribution < 1.29 is 42.8 Å². The maximum Gasteiger partial charge on any atom is 0.262 e. The first-order chi connectivity index (χ1) is 24.4. The van der Waals surface area contributed by atoms with Crippen LogP contribution in [0.15, 0.2) is 109 Å². The Hall–Kier alpha value is -4.87. The molecule has 0 N–H and O–H groups in total. The molecule has 50 heavy (non-hydrogen) atoms. The van der Waals surface area contributed by atoms with Crippen molar-refractivity contribution in [2.75, 3.05) is 20.3 Å². The van der Waals surface area contributed by atoms with E-state index in [1.54, 1.807) is 55.6 Å². The van der Waals surface area contributed by atoms with Crippen LogP contribution in [0.5, 0.6) is 11.5 Å². The lowest BCUT2D eigenvalue weighted by Crippen LogP contribution is -2.67. The van der Waals surface area contributed by atoms with Gasteiger partial charge in [-0.1, -0.05) is 72.8 Å². The maximum atomic E-state index is 14.1. The van der Waals surface area contributed by atoms with Crippen LogP contribution in [0.4, 0.5) is 0 Å². The van der Waals surface area contributed by atoms with E-state index in [0.29, 0.717) is 30.9 Å². The lowest BCUT2D eigenvalue weighted by molar-refractivity contribution is -0.277. The van der Waals surface area contributed by atoms with E-state index in [-0.39, 0.29) is 36.7 Å². The number of fused-ring (bicyclic) bond motifs is 1. The van der Waals surface area contributed by atoms with Crippen LogP contribution in [-0.4, -0.2) is 73.5 Å². The molecule has 0 saturated carbocycles. The largest absolute Gasteiger partial charge is 0.497 e. The van der Waals surface area contributed by atoms with Crippen molar-refractivity contribution in [3.63, 3.8) is 0 Å². The Bertz CT molecular complexity index is 1700. The zero-order valence-corrected chi connectivity index (χ0v) is 28.1. The van der Waals surface area contributed by atoms with Gasteiger partial charge in [-0.2, -0.15) is 0 Å². The first kappa shape index (κ1) is 35.0. The molecule has 2 aliphatic rings. The molecule has 260 valence electrons. The van der Waals surface area contributed by atoms with Gasteiger partial charge in [-0.25, -0.2) is 0 Å². The first-order valence-electron chi connectivity index (χ1n) is 16.7. The molecule has 0 aromatic heterocycles. The van der Waals surface area contributed by atoms with E-state index in [1.807, 2.05) is 60.7 Å². The van der Waals surface area contributed by atoms with Gasteiger partial charge in [0.05, 0.1) is 38.1 Å². The van der Waals surface area contributed by atoms with Crippen molar-refractivity contribution in [3.8, 4) is 11.5 Å². The second-order valence-corrected chi connectivity index (χ2v) is 12.3. The number of nitrogens with zero attached hydrogens (tertiary/aromatic N) is 1. The van der Waals surface area contributed by atoms with Crippen LogP contribution < -0.4 is 9.47 Å². The van der Waals surface area contributed by atoms with Crippen molar-refractivity contribution in [2.24, 2.45) is 0 Å². The SMILES string of the molecule is COc1ccc(O[C@@H]2O[C@H](COCc3ccccc3)[C@@H](OCCCC(C)=O)[C@H](OCc3ccccc3)[C@H]2N2C(=O)c3ccccc3C2=O)cc1. The number of ether oxygens (including phenoxy) is 6. The highest BCUT2D eigenvalue weighted by Gasteiger charge is 2.56. The number of Topliss-reactive ketones (excluding diaryl/α,β-unsaturated/α-hetero) is 1. The van der Waals surface area contributed by atoms with Gasteiger partial charge >= 0.3 is 0 Å². The lowest BCUT2D eigenvalue weighted by atomic mass is 9.94.